The Morgan fingerprint density at radius 2 is 1.75 bits per heavy atom. The molecule has 0 saturated carbocycles. The van der Waals surface area contributed by atoms with Gasteiger partial charge in [0.1, 0.15) is 5.75 Å². The van der Waals surface area contributed by atoms with Crippen molar-refractivity contribution in [1.29, 1.82) is 0 Å². The second kappa shape index (κ2) is 9.63. The van der Waals surface area contributed by atoms with E-state index in [0.717, 1.165) is 30.6 Å². The molecule has 1 aliphatic heterocycles. The van der Waals surface area contributed by atoms with Crippen LogP contribution in [0.15, 0.2) is 47.4 Å². The quantitative estimate of drug-likeness (QED) is 0.666. The van der Waals surface area contributed by atoms with Crippen molar-refractivity contribution in [1.82, 2.24) is 9.21 Å². The monoisotopic (exact) mass is 456 g/mol. The van der Waals surface area contributed by atoms with Crippen LogP contribution >= 0.6 is 0 Å². The van der Waals surface area contributed by atoms with Crippen molar-refractivity contribution >= 4 is 15.9 Å². The van der Waals surface area contributed by atoms with Gasteiger partial charge < -0.3 is 9.64 Å². The Kier molecular flexibility index (Phi) is 6.86. The first-order valence-corrected chi connectivity index (χ1v) is 12.8. The lowest BCUT2D eigenvalue weighted by Crippen LogP contribution is -2.43. The topological polar surface area (TPSA) is 66.9 Å². The number of benzene rings is 2. The van der Waals surface area contributed by atoms with E-state index < -0.39 is 10.0 Å². The van der Waals surface area contributed by atoms with Gasteiger partial charge in [-0.05, 0) is 67.9 Å². The van der Waals surface area contributed by atoms with Crippen LogP contribution in [-0.2, 0) is 34.2 Å². The molecule has 172 valence electrons. The summed E-state index contributed by atoms with van der Waals surface area (Å²) in [6, 6.07) is 13.3. The van der Waals surface area contributed by atoms with Gasteiger partial charge in [-0.2, -0.15) is 4.31 Å². The molecule has 2 aromatic carbocycles. The number of hydrogen-bond donors (Lipinski definition) is 0. The molecule has 4 rings (SSSR count). The molecule has 0 spiro atoms. The Balaban J connectivity index is 1.38. The van der Waals surface area contributed by atoms with Gasteiger partial charge in [0.2, 0.25) is 15.9 Å². The fourth-order valence-electron chi connectivity index (χ4n) is 4.84. The lowest BCUT2D eigenvalue weighted by molar-refractivity contribution is -0.135. The van der Waals surface area contributed by atoms with Gasteiger partial charge in [-0.15, -0.1) is 0 Å². The van der Waals surface area contributed by atoms with Gasteiger partial charge >= 0.3 is 0 Å². The van der Waals surface area contributed by atoms with Crippen molar-refractivity contribution < 1.29 is 17.9 Å². The Hall–Kier alpha value is -2.38. The van der Waals surface area contributed by atoms with Gasteiger partial charge in [0.05, 0.1) is 12.0 Å². The number of piperidine rings is 1. The van der Waals surface area contributed by atoms with E-state index in [4.69, 9.17) is 4.74 Å². The fraction of sp³-hybridized carbons (Fsp3) is 0.480. The van der Waals surface area contributed by atoms with Gasteiger partial charge in [0.15, 0.2) is 0 Å². The summed E-state index contributed by atoms with van der Waals surface area (Å²) in [5.74, 6) is 0.657. The maximum atomic E-state index is 13.2. The number of amides is 1. The zero-order valence-electron chi connectivity index (χ0n) is 18.9. The van der Waals surface area contributed by atoms with Crippen LogP contribution in [0.4, 0.5) is 0 Å². The normalized spacial score (nSPS) is 17.6. The summed E-state index contributed by atoms with van der Waals surface area (Å²) < 4.78 is 33.4. The highest BCUT2D eigenvalue weighted by Gasteiger charge is 2.33. The Morgan fingerprint density at radius 3 is 2.47 bits per heavy atom. The molecule has 7 heteroatoms. The number of carbonyl (C=O) groups is 1. The molecule has 1 aliphatic carbocycles. The molecule has 0 bridgehead atoms. The molecule has 0 radical (unpaired) electrons. The predicted octanol–water partition coefficient (Wildman–Crippen LogP) is 3.63. The van der Waals surface area contributed by atoms with Crippen LogP contribution in [-0.4, -0.2) is 50.8 Å². The third-order valence-corrected chi connectivity index (χ3v) is 8.63. The smallest absolute Gasteiger partial charge is 0.243 e. The van der Waals surface area contributed by atoms with Crippen LogP contribution in [0.1, 0.15) is 42.4 Å². The summed E-state index contributed by atoms with van der Waals surface area (Å²) in [5.41, 5.74) is 3.40. The zero-order valence-corrected chi connectivity index (χ0v) is 19.7. The van der Waals surface area contributed by atoms with E-state index >= 15 is 0 Å². The second-order valence-corrected chi connectivity index (χ2v) is 10.8. The highest BCUT2D eigenvalue weighted by molar-refractivity contribution is 7.89. The van der Waals surface area contributed by atoms with Crippen LogP contribution in [0.25, 0.3) is 0 Å². The minimum atomic E-state index is -3.53. The first-order valence-electron chi connectivity index (χ1n) is 11.4. The predicted molar refractivity (Wildman–Crippen MR) is 124 cm³/mol. The highest BCUT2D eigenvalue weighted by atomic mass is 32.2. The van der Waals surface area contributed by atoms with E-state index in [1.54, 1.807) is 29.4 Å². The van der Waals surface area contributed by atoms with Crippen molar-refractivity contribution in [2.24, 2.45) is 5.92 Å². The van der Waals surface area contributed by atoms with Gasteiger partial charge in [-0.25, -0.2) is 8.42 Å². The molecule has 1 amide bonds. The minimum Gasteiger partial charge on any atom is -0.496 e. The molecule has 0 aromatic heterocycles. The number of nitrogens with zero attached hydrogens (tertiary/aromatic N) is 2. The SMILES string of the molecule is COc1ccccc1CN(C)C(=O)C1CCN(S(=O)(=O)c2ccc3c(c2)CCCC3)CC1. The number of carbonyl (C=O) groups excluding carboxylic acids is 1. The van der Waals surface area contributed by atoms with E-state index in [0.29, 0.717) is 37.4 Å². The number of sulfonamides is 1. The Bertz CT molecular complexity index is 1080. The molecule has 1 heterocycles. The van der Waals surface area contributed by atoms with E-state index in [2.05, 4.69) is 0 Å². The minimum absolute atomic E-state index is 0.0572. The molecule has 1 fully saturated rings. The van der Waals surface area contributed by atoms with Crippen LogP contribution in [0.3, 0.4) is 0 Å². The van der Waals surface area contributed by atoms with Crippen LogP contribution in [0.5, 0.6) is 5.75 Å². The average molecular weight is 457 g/mol. The van der Waals surface area contributed by atoms with E-state index in [-0.39, 0.29) is 11.8 Å². The average Bonchev–Trinajstić information content (AvgIpc) is 2.83. The summed E-state index contributed by atoms with van der Waals surface area (Å²) in [4.78, 5) is 15.1. The van der Waals surface area contributed by atoms with Gasteiger partial charge in [-0.3, -0.25) is 4.79 Å². The Morgan fingerprint density at radius 1 is 1.06 bits per heavy atom. The molecule has 2 aliphatic rings. The van der Waals surface area contributed by atoms with Gasteiger partial charge in [0, 0.05) is 38.2 Å². The third-order valence-electron chi connectivity index (χ3n) is 6.74. The lowest BCUT2D eigenvalue weighted by Gasteiger charge is -2.33. The molecular formula is C25H32N2O4S. The third kappa shape index (κ3) is 4.69. The number of para-hydroxylation sites is 1. The van der Waals surface area contributed by atoms with Crippen LogP contribution in [0, 0.1) is 5.92 Å². The molecule has 1 saturated heterocycles. The molecule has 2 aromatic rings. The summed E-state index contributed by atoms with van der Waals surface area (Å²) in [6.45, 7) is 1.22. The van der Waals surface area contributed by atoms with E-state index in [1.807, 2.05) is 36.4 Å². The van der Waals surface area contributed by atoms with Crippen molar-refractivity contribution in [3.63, 3.8) is 0 Å². The zero-order chi connectivity index (χ0) is 22.7. The second-order valence-electron chi connectivity index (χ2n) is 8.82. The van der Waals surface area contributed by atoms with Gasteiger partial charge in [0.25, 0.3) is 0 Å². The molecule has 32 heavy (non-hydrogen) atoms. The van der Waals surface area contributed by atoms with Gasteiger partial charge in [-0.1, -0.05) is 24.3 Å². The lowest BCUT2D eigenvalue weighted by atomic mass is 9.92. The standard InChI is InChI=1S/C25H32N2O4S/c1-26(18-22-9-5-6-10-24(22)31-2)25(28)20-13-15-27(16-14-20)32(29,30)23-12-11-19-7-3-4-8-21(19)17-23/h5-6,9-12,17,20H,3-4,7-8,13-16,18H2,1-2H3. The summed E-state index contributed by atoms with van der Waals surface area (Å²) in [6.07, 6.45) is 5.36. The first kappa shape index (κ1) is 22.8. The fourth-order valence-corrected chi connectivity index (χ4v) is 6.36. The molecule has 0 atom stereocenters. The number of ether oxygens (including phenoxy) is 1. The van der Waals surface area contributed by atoms with Crippen molar-refractivity contribution in [3.05, 3.63) is 59.2 Å². The number of fused-ring (bicyclic) bond motifs is 1. The number of aryl methyl sites for hydroxylation is 2. The molecule has 0 N–H and O–H groups in total. The molecule has 0 unspecified atom stereocenters. The van der Waals surface area contributed by atoms with Crippen LogP contribution in [0.2, 0.25) is 0 Å². The summed E-state index contributed by atoms with van der Waals surface area (Å²) in [5, 5.41) is 0. The van der Waals surface area contributed by atoms with Crippen molar-refractivity contribution in [3.8, 4) is 5.75 Å². The van der Waals surface area contributed by atoms with Crippen molar-refractivity contribution in [2.45, 2.75) is 50.0 Å². The number of hydrogen-bond acceptors (Lipinski definition) is 4. The maximum Gasteiger partial charge on any atom is 0.243 e. The van der Waals surface area contributed by atoms with E-state index in [1.165, 1.54) is 17.5 Å². The van der Waals surface area contributed by atoms with Crippen molar-refractivity contribution in [2.75, 3.05) is 27.2 Å². The first-order chi connectivity index (χ1) is 15.4. The molecular weight excluding hydrogens is 424 g/mol. The highest BCUT2D eigenvalue weighted by Crippen LogP contribution is 2.29. The molecule has 6 nitrogen and oxygen atoms in total. The largest absolute Gasteiger partial charge is 0.496 e. The summed E-state index contributed by atoms with van der Waals surface area (Å²) in [7, 11) is -0.110. The summed E-state index contributed by atoms with van der Waals surface area (Å²) >= 11 is 0. The maximum absolute atomic E-state index is 13.2. The number of rotatable bonds is 6. The van der Waals surface area contributed by atoms with Crippen LogP contribution < -0.4 is 4.74 Å². The van der Waals surface area contributed by atoms with E-state index in [9.17, 15) is 13.2 Å². The number of methoxy groups -OCH3 is 1. The Labute approximate surface area is 191 Å².